The molecule has 0 bridgehead atoms. The van der Waals surface area contributed by atoms with Crippen LogP contribution < -0.4 is 5.32 Å². The maximum absolute atomic E-state index is 12.3. The second-order valence-corrected chi connectivity index (χ2v) is 6.58. The molecule has 0 aromatic heterocycles. The van der Waals surface area contributed by atoms with Gasteiger partial charge in [-0.05, 0) is 54.2 Å². The highest BCUT2D eigenvalue weighted by atomic mass is 16.4. The Morgan fingerprint density at radius 2 is 1.77 bits per heavy atom. The summed E-state index contributed by atoms with van der Waals surface area (Å²) in [5, 5.41) is 11.5. The molecule has 1 amide bonds. The first kappa shape index (κ1) is 17.9. The molecule has 2 aromatic carbocycles. The Morgan fingerprint density at radius 1 is 0.962 bits per heavy atom. The lowest BCUT2D eigenvalue weighted by Gasteiger charge is -2.07. The van der Waals surface area contributed by atoms with Gasteiger partial charge in [-0.15, -0.1) is 0 Å². The quantitative estimate of drug-likeness (QED) is 0.749. The van der Waals surface area contributed by atoms with Crippen molar-refractivity contribution in [1.82, 2.24) is 0 Å². The van der Waals surface area contributed by atoms with Crippen molar-refractivity contribution in [2.75, 3.05) is 5.32 Å². The van der Waals surface area contributed by atoms with E-state index in [9.17, 15) is 14.4 Å². The van der Waals surface area contributed by atoms with Crippen LogP contribution in [0.25, 0.3) is 0 Å². The van der Waals surface area contributed by atoms with Crippen molar-refractivity contribution in [2.45, 2.75) is 38.5 Å². The summed E-state index contributed by atoms with van der Waals surface area (Å²) in [7, 11) is 0. The average Bonchev–Trinajstić information content (AvgIpc) is 3.07. The first-order chi connectivity index (χ1) is 12.5. The third kappa shape index (κ3) is 4.57. The predicted octanol–water partition coefficient (Wildman–Crippen LogP) is 3.40. The van der Waals surface area contributed by atoms with E-state index in [-0.39, 0.29) is 31.0 Å². The van der Waals surface area contributed by atoms with E-state index in [2.05, 4.69) is 5.32 Å². The lowest BCUT2D eigenvalue weighted by molar-refractivity contribution is -0.136. The van der Waals surface area contributed by atoms with Crippen molar-refractivity contribution < 1.29 is 19.5 Å². The molecule has 134 valence electrons. The number of hydrogen-bond acceptors (Lipinski definition) is 3. The molecule has 26 heavy (non-hydrogen) atoms. The minimum Gasteiger partial charge on any atom is -0.481 e. The second kappa shape index (κ2) is 7.95. The maximum atomic E-state index is 12.3. The zero-order valence-corrected chi connectivity index (χ0v) is 14.5. The van der Waals surface area contributed by atoms with Gasteiger partial charge in [-0.2, -0.15) is 0 Å². The molecule has 0 saturated heterocycles. The predicted molar refractivity (Wildman–Crippen MR) is 98.4 cm³/mol. The molecular formula is C21H21NO4. The second-order valence-electron chi connectivity index (χ2n) is 6.58. The van der Waals surface area contributed by atoms with Gasteiger partial charge in [0.15, 0.2) is 5.78 Å². The molecule has 0 saturated carbocycles. The van der Waals surface area contributed by atoms with Gasteiger partial charge in [-0.3, -0.25) is 14.4 Å². The van der Waals surface area contributed by atoms with Gasteiger partial charge >= 0.3 is 5.97 Å². The Balaban J connectivity index is 1.54. The molecule has 2 aromatic rings. The number of hydrogen-bond donors (Lipinski definition) is 2. The number of carboxylic acid groups (broad SMARTS) is 1. The fourth-order valence-electron chi connectivity index (χ4n) is 3.27. The number of amides is 1. The zero-order valence-electron chi connectivity index (χ0n) is 14.5. The van der Waals surface area contributed by atoms with Crippen molar-refractivity contribution in [3.05, 3.63) is 64.7 Å². The van der Waals surface area contributed by atoms with Crippen LogP contribution in [0.2, 0.25) is 0 Å². The summed E-state index contributed by atoms with van der Waals surface area (Å²) in [6.07, 6.45) is 3.38. The Bertz CT molecular complexity index is 857. The fraction of sp³-hybridized carbons (Fsp3) is 0.286. The molecule has 0 atom stereocenters. The van der Waals surface area contributed by atoms with Gasteiger partial charge in [0.05, 0.1) is 6.42 Å². The van der Waals surface area contributed by atoms with Gasteiger partial charge in [0.1, 0.15) is 0 Å². The largest absolute Gasteiger partial charge is 0.481 e. The van der Waals surface area contributed by atoms with Crippen LogP contribution in [0.1, 0.15) is 46.3 Å². The van der Waals surface area contributed by atoms with E-state index >= 15 is 0 Å². The number of aryl methyl sites for hydroxylation is 2. The van der Waals surface area contributed by atoms with E-state index in [1.54, 1.807) is 24.3 Å². The van der Waals surface area contributed by atoms with Crippen LogP contribution in [0, 0.1) is 0 Å². The van der Waals surface area contributed by atoms with E-state index in [0.29, 0.717) is 16.8 Å². The molecular weight excluding hydrogens is 330 g/mol. The van der Waals surface area contributed by atoms with Crippen LogP contribution in [0.3, 0.4) is 0 Å². The molecule has 3 rings (SSSR count). The van der Waals surface area contributed by atoms with Gasteiger partial charge in [-0.1, -0.05) is 24.3 Å². The van der Waals surface area contributed by atoms with E-state index in [1.165, 1.54) is 11.1 Å². The van der Waals surface area contributed by atoms with E-state index in [1.807, 2.05) is 18.2 Å². The van der Waals surface area contributed by atoms with Crippen molar-refractivity contribution in [3.63, 3.8) is 0 Å². The Labute approximate surface area is 152 Å². The summed E-state index contributed by atoms with van der Waals surface area (Å²) in [4.78, 5) is 35.2. The molecule has 0 aliphatic heterocycles. The first-order valence-electron chi connectivity index (χ1n) is 8.77. The highest BCUT2D eigenvalue weighted by molar-refractivity contribution is 6.00. The molecule has 0 fully saturated rings. The standard InChI is InChI=1S/C21H21NO4/c23-19(17-8-7-15-4-2-5-16(15)13-17)9-10-20(24)22-18-6-1-3-14(11-18)12-21(25)26/h1,3,6-8,11,13H,2,4-5,9-10,12H2,(H,22,24)(H,25,26). The molecule has 0 radical (unpaired) electrons. The van der Waals surface area contributed by atoms with Gasteiger partial charge in [-0.25, -0.2) is 0 Å². The molecule has 1 aliphatic rings. The fourth-order valence-corrected chi connectivity index (χ4v) is 3.27. The topological polar surface area (TPSA) is 83.5 Å². The van der Waals surface area contributed by atoms with Crippen molar-refractivity contribution in [1.29, 1.82) is 0 Å². The highest BCUT2D eigenvalue weighted by Gasteiger charge is 2.15. The minimum atomic E-state index is -0.923. The number of benzene rings is 2. The zero-order chi connectivity index (χ0) is 18.5. The van der Waals surface area contributed by atoms with Crippen LogP contribution in [-0.2, 0) is 28.9 Å². The van der Waals surface area contributed by atoms with Gasteiger partial charge in [0.25, 0.3) is 0 Å². The number of nitrogens with one attached hydrogen (secondary N) is 1. The lowest BCUT2D eigenvalue weighted by atomic mass is 10.0. The monoisotopic (exact) mass is 351 g/mol. The maximum Gasteiger partial charge on any atom is 0.307 e. The normalized spacial score (nSPS) is 12.5. The van der Waals surface area contributed by atoms with Crippen LogP contribution in [0.5, 0.6) is 0 Å². The number of fused-ring (bicyclic) bond motifs is 1. The lowest BCUT2D eigenvalue weighted by Crippen LogP contribution is -2.14. The Morgan fingerprint density at radius 3 is 2.58 bits per heavy atom. The van der Waals surface area contributed by atoms with Crippen LogP contribution in [0.15, 0.2) is 42.5 Å². The number of rotatable bonds is 7. The Hall–Kier alpha value is -2.95. The first-order valence-corrected chi connectivity index (χ1v) is 8.77. The summed E-state index contributed by atoms with van der Waals surface area (Å²) >= 11 is 0. The molecule has 0 spiro atoms. The summed E-state index contributed by atoms with van der Waals surface area (Å²) in [6.45, 7) is 0. The summed E-state index contributed by atoms with van der Waals surface area (Å²) < 4.78 is 0. The van der Waals surface area contributed by atoms with E-state index < -0.39 is 5.97 Å². The van der Waals surface area contributed by atoms with Crippen molar-refractivity contribution >= 4 is 23.3 Å². The number of carbonyl (C=O) groups is 3. The van der Waals surface area contributed by atoms with Gasteiger partial charge in [0, 0.05) is 24.1 Å². The highest BCUT2D eigenvalue weighted by Crippen LogP contribution is 2.23. The number of carbonyl (C=O) groups excluding carboxylic acids is 2. The number of Topliss-reactive ketones (excluding diaryl/α,β-unsaturated/α-hetero) is 1. The third-order valence-electron chi connectivity index (χ3n) is 4.57. The van der Waals surface area contributed by atoms with Crippen LogP contribution >= 0.6 is 0 Å². The SMILES string of the molecule is O=C(O)Cc1cccc(NC(=O)CCC(=O)c2ccc3c(c2)CCC3)c1. The van der Waals surface area contributed by atoms with Crippen LogP contribution in [-0.4, -0.2) is 22.8 Å². The molecule has 5 nitrogen and oxygen atoms in total. The molecule has 5 heteroatoms. The number of carboxylic acids is 1. The smallest absolute Gasteiger partial charge is 0.307 e. The molecule has 0 unspecified atom stereocenters. The number of aliphatic carboxylic acids is 1. The number of anilines is 1. The van der Waals surface area contributed by atoms with Crippen LogP contribution in [0.4, 0.5) is 5.69 Å². The minimum absolute atomic E-state index is 0.0329. The van der Waals surface area contributed by atoms with E-state index in [0.717, 1.165) is 19.3 Å². The number of ketones is 1. The summed E-state index contributed by atoms with van der Waals surface area (Å²) in [6, 6.07) is 12.5. The van der Waals surface area contributed by atoms with E-state index in [4.69, 9.17) is 5.11 Å². The van der Waals surface area contributed by atoms with Gasteiger partial charge in [0.2, 0.25) is 5.91 Å². The molecule has 2 N–H and O–H groups in total. The average molecular weight is 351 g/mol. The summed E-state index contributed by atoms with van der Waals surface area (Å²) in [5.74, 6) is -1.21. The van der Waals surface area contributed by atoms with Crippen molar-refractivity contribution in [3.8, 4) is 0 Å². The Kier molecular flexibility index (Phi) is 5.46. The third-order valence-corrected chi connectivity index (χ3v) is 4.57. The summed E-state index contributed by atoms with van der Waals surface area (Å²) in [5.41, 5.74) is 4.39. The van der Waals surface area contributed by atoms with Gasteiger partial charge < -0.3 is 10.4 Å². The molecule has 1 aliphatic carbocycles. The molecule has 0 heterocycles. The van der Waals surface area contributed by atoms with Crippen molar-refractivity contribution in [2.24, 2.45) is 0 Å².